The predicted molar refractivity (Wildman–Crippen MR) is 77.6 cm³/mol. The summed E-state index contributed by atoms with van der Waals surface area (Å²) in [6, 6.07) is 4.47. The monoisotopic (exact) mass is 344 g/mol. The summed E-state index contributed by atoms with van der Waals surface area (Å²) in [6.07, 6.45) is -4.04. The number of aliphatic hydroxyl groups is 1. The van der Waals surface area contributed by atoms with Crippen LogP contribution in [0.2, 0.25) is 10.0 Å². The van der Waals surface area contributed by atoms with Gasteiger partial charge in [-0.25, -0.2) is 0 Å². The lowest BCUT2D eigenvalue weighted by Crippen LogP contribution is -2.37. The van der Waals surface area contributed by atoms with E-state index in [0.717, 1.165) is 4.90 Å². The molecular weight excluding hydrogens is 328 g/mol. The summed E-state index contributed by atoms with van der Waals surface area (Å²) in [5.41, 5.74) is 6.56. The van der Waals surface area contributed by atoms with E-state index in [1.807, 2.05) is 0 Å². The van der Waals surface area contributed by atoms with Crippen LogP contribution in [0, 0.1) is 0 Å². The van der Waals surface area contributed by atoms with Gasteiger partial charge >= 0.3 is 6.18 Å². The second kappa shape index (κ2) is 8.19. The molecule has 1 unspecified atom stereocenters. The fourth-order valence-electron chi connectivity index (χ4n) is 1.95. The maximum Gasteiger partial charge on any atom is 0.401 e. The van der Waals surface area contributed by atoms with Crippen LogP contribution in [0.25, 0.3) is 0 Å². The molecule has 0 aliphatic rings. The maximum absolute atomic E-state index is 12.4. The van der Waals surface area contributed by atoms with Crippen LogP contribution in [0.15, 0.2) is 18.2 Å². The highest BCUT2D eigenvalue weighted by Gasteiger charge is 2.30. The first-order chi connectivity index (χ1) is 9.74. The van der Waals surface area contributed by atoms with Crippen LogP contribution in [0.5, 0.6) is 0 Å². The van der Waals surface area contributed by atoms with Crippen LogP contribution < -0.4 is 5.73 Å². The zero-order chi connectivity index (χ0) is 16.0. The molecule has 0 aromatic heterocycles. The number of benzene rings is 1. The highest BCUT2D eigenvalue weighted by atomic mass is 35.5. The van der Waals surface area contributed by atoms with Crippen molar-refractivity contribution in [1.29, 1.82) is 0 Å². The number of nitrogens with two attached hydrogens (primary N) is 1. The number of halogens is 5. The van der Waals surface area contributed by atoms with Gasteiger partial charge in [-0.15, -0.1) is 0 Å². The third-order valence-electron chi connectivity index (χ3n) is 2.96. The first-order valence-corrected chi connectivity index (χ1v) is 7.09. The Labute approximate surface area is 131 Å². The van der Waals surface area contributed by atoms with E-state index in [4.69, 9.17) is 34.0 Å². The minimum Gasteiger partial charge on any atom is -0.395 e. The first-order valence-electron chi connectivity index (χ1n) is 6.34. The zero-order valence-corrected chi connectivity index (χ0v) is 12.7. The lowest BCUT2D eigenvalue weighted by Gasteiger charge is -2.24. The molecule has 0 spiro atoms. The first kappa shape index (κ1) is 18.5. The van der Waals surface area contributed by atoms with Crippen molar-refractivity contribution in [2.24, 2.45) is 5.73 Å². The molecule has 3 N–H and O–H groups in total. The average molecular weight is 345 g/mol. The van der Waals surface area contributed by atoms with Crippen LogP contribution in [0.3, 0.4) is 0 Å². The summed E-state index contributed by atoms with van der Waals surface area (Å²) in [5, 5.41) is 9.49. The molecule has 0 fully saturated rings. The molecule has 0 aliphatic carbocycles. The van der Waals surface area contributed by atoms with Crippen LogP contribution in [-0.2, 0) is 0 Å². The van der Waals surface area contributed by atoms with E-state index < -0.39 is 18.8 Å². The van der Waals surface area contributed by atoms with Gasteiger partial charge in [-0.05, 0) is 18.1 Å². The number of nitrogens with zero attached hydrogens (tertiary/aromatic N) is 1. The van der Waals surface area contributed by atoms with E-state index in [9.17, 15) is 13.2 Å². The molecule has 8 heteroatoms. The van der Waals surface area contributed by atoms with Gasteiger partial charge in [0.15, 0.2) is 0 Å². The molecule has 1 rings (SSSR count). The summed E-state index contributed by atoms with van der Waals surface area (Å²) in [7, 11) is 0. The molecule has 120 valence electrons. The second-order valence-electron chi connectivity index (χ2n) is 4.65. The average Bonchev–Trinajstić information content (AvgIpc) is 2.37. The summed E-state index contributed by atoms with van der Waals surface area (Å²) in [4.78, 5) is 1.11. The molecule has 0 saturated carbocycles. The van der Waals surface area contributed by atoms with Crippen molar-refractivity contribution in [3.05, 3.63) is 33.8 Å². The molecule has 0 heterocycles. The maximum atomic E-state index is 12.4. The smallest absolute Gasteiger partial charge is 0.395 e. The van der Waals surface area contributed by atoms with Crippen LogP contribution in [-0.4, -0.2) is 42.4 Å². The van der Waals surface area contributed by atoms with Crippen LogP contribution >= 0.6 is 23.2 Å². The highest BCUT2D eigenvalue weighted by Crippen LogP contribution is 2.30. The third-order valence-corrected chi connectivity index (χ3v) is 3.79. The van der Waals surface area contributed by atoms with Gasteiger partial charge in [0.1, 0.15) is 0 Å². The van der Waals surface area contributed by atoms with Gasteiger partial charge in [0.2, 0.25) is 0 Å². The number of hydrogen-bond donors (Lipinski definition) is 2. The Morgan fingerprint density at radius 2 is 1.90 bits per heavy atom. The molecule has 3 nitrogen and oxygen atoms in total. The molecule has 0 radical (unpaired) electrons. The minimum atomic E-state index is -4.31. The van der Waals surface area contributed by atoms with Crippen molar-refractivity contribution < 1.29 is 18.3 Å². The van der Waals surface area contributed by atoms with Crippen molar-refractivity contribution in [3.63, 3.8) is 0 Å². The molecule has 0 aliphatic heterocycles. The molecular formula is C13H17Cl2F3N2O. The standard InChI is InChI=1S/C13H17Cl2F3N2O/c14-10-3-1-2-9(12(10)15)11(19)4-5-20(6-7-21)8-13(16,17)18/h1-3,11,21H,4-8,19H2. The van der Waals surface area contributed by atoms with Crippen molar-refractivity contribution in [1.82, 2.24) is 4.90 Å². The topological polar surface area (TPSA) is 49.5 Å². The van der Waals surface area contributed by atoms with Gasteiger partial charge in [-0.3, -0.25) is 4.90 Å². The summed E-state index contributed by atoms with van der Waals surface area (Å²) in [5.74, 6) is 0. The van der Waals surface area contributed by atoms with Crippen molar-refractivity contribution in [2.45, 2.75) is 18.6 Å². The summed E-state index contributed by atoms with van der Waals surface area (Å²) >= 11 is 11.9. The molecule has 21 heavy (non-hydrogen) atoms. The van der Waals surface area contributed by atoms with Gasteiger partial charge in [0, 0.05) is 19.1 Å². The van der Waals surface area contributed by atoms with Crippen LogP contribution in [0.4, 0.5) is 13.2 Å². The summed E-state index contributed by atoms with van der Waals surface area (Å²) in [6.45, 7) is -1.38. The van der Waals surface area contributed by atoms with E-state index in [0.29, 0.717) is 15.6 Å². The van der Waals surface area contributed by atoms with E-state index in [-0.39, 0.29) is 26.1 Å². The zero-order valence-electron chi connectivity index (χ0n) is 11.2. The largest absolute Gasteiger partial charge is 0.401 e. The molecule has 0 bridgehead atoms. The number of alkyl halides is 3. The predicted octanol–water partition coefficient (Wildman–Crippen LogP) is 3.24. The lowest BCUT2D eigenvalue weighted by atomic mass is 10.0. The third kappa shape index (κ3) is 6.40. The Bertz CT molecular complexity index is 458. The Morgan fingerprint density at radius 1 is 1.24 bits per heavy atom. The van der Waals surface area contributed by atoms with E-state index >= 15 is 0 Å². The Balaban J connectivity index is 2.64. The molecule has 1 aromatic carbocycles. The molecule has 0 amide bonds. The van der Waals surface area contributed by atoms with Gasteiger partial charge in [-0.1, -0.05) is 35.3 Å². The normalized spacial score (nSPS) is 13.7. The van der Waals surface area contributed by atoms with Crippen LogP contribution in [0.1, 0.15) is 18.0 Å². The van der Waals surface area contributed by atoms with Gasteiger partial charge < -0.3 is 10.8 Å². The Kier molecular flexibility index (Phi) is 7.23. The highest BCUT2D eigenvalue weighted by molar-refractivity contribution is 6.42. The Morgan fingerprint density at radius 3 is 2.48 bits per heavy atom. The quantitative estimate of drug-likeness (QED) is 0.798. The number of rotatable bonds is 7. The molecule has 0 saturated heterocycles. The fourth-order valence-corrected chi connectivity index (χ4v) is 2.40. The van der Waals surface area contributed by atoms with Gasteiger partial charge in [-0.2, -0.15) is 13.2 Å². The van der Waals surface area contributed by atoms with E-state index in [2.05, 4.69) is 0 Å². The van der Waals surface area contributed by atoms with Gasteiger partial charge in [0.05, 0.1) is 23.2 Å². The van der Waals surface area contributed by atoms with Crippen molar-refractivity contribution >= 4 is 23.2 Å². The SMILES string of the molecule is NC(CCN(CCO)CC(F)(F)F)c1cccc(Cl)c1Cl. The fraction of sp³-hybridized carbons (Fsp3) is 0.538. The van der Waals surface area contributed by atoms with E-state index in [1.54, 1.807) is 18.2 Å². The summed E-state index contributed by atoms with van der Waals surface area (Å²) < 4.78 is 37.2. The Hall–Kier alpha value is -0.530. The number of hydrogen-bond acceptors (Lipinski definition) is 3. The van der Waals surface area contributed by atoms with Gasteiger partial charge in [0.25, 0.3) is 0 Å². The van der Waals surface area contributed by atoms with E-state index in [1.165, 1.54) is 0 Å². The molecule has 1 aromatic rings. The lowest BCUT2D eigenvalue weighted by molar-refractivity contribution is -0.146. The number of aliphatic hydroxyl groups excluding tert-OH is 1. The minimum absolute atomic E-state index is 0.0600. The van der Waals surface area contributed by atoms with Crippen molar-refractivity contribution in [3.8, 4) is 0 Å². The van der Waals surface area contributed by atoms with Crippen molar-refractivity contribution in [2.75, 3.05) is 26.2 Å². The second-order valence-corrected chi connectivity index (χ2v) is 5.44. The molecule has 1 atom stereocenters.